The molecule has 120 valence electrons. The minimum absolute atomic E-state index is 0.162. The molecular weight excluding hydrogens is 286 g/mol. The van der Waals surface area contributed by atoms with E-state index in [1.807, 2.05) is 0 Å². The second kappa shape index (κ2) is 7.59. The number of rotatable bonds is 6. The fourth-order valence-electron chi connectivity index (χ4n) is 1.80. The van der Waals surface area contributed by atoms with Crippen LogP contribution in [-0.4, -0.2) is 28.6 Å². The predicted octanol–water partition coefficient (Wildman–Crippen LogP) is 2.69. The van der Waals surface area contributed by atoms with Crippen molar-refractivity contribution in [1.82, 2.24) is 5.32 Å². The number of carbonyl (C=O) groups is 3. The van der Waals surface area contributed by atoms with E-state index in [4.69, 9.17) is 9.84 Å². The van der Waals surface area contributed by atoms with Crippen LogP contribution in [0.3, 0.4) is 0 Å². The van der Waals surface area contributed by atoms with Crippen molar-refractivity contribution in [2.24, 2.45) is 0 Å². The van der Waals surface area contributed by atoms with Gasteiger partial charge in [-0.15, -0.1) is 0 Å². The van der Waals surface area contributed by atoms with E-state index < -0.39 is 23.7 Å². The molecule has 1 aromatic carbocycles. The molecule has 0 aliphatic heterocycles. The van der Waals surface area contributed by atoms with Gasteiger partial charge < -0.3 is 15.2 Å². The Morgan fingerprint density at radius 3 is 2.23 bits per heavy atom. The van der Waals surface area contributed by atoms with Gasteiger partial charge in [0.25, 0.3) is 0 Å². The van der Waals surface area contributed by atoms with Crippen molar-refractivity contribution in [2.45, 2.75) is 45.3 Å². The normalized spacial score (nSPS) is 12.3. The number of carbonyl (C=O) groups excluding carboxylic acids is 2. The highest BCUT2D eigenvalue weighted by atomic mass is 16.6. The van der Waals surface area contributed by atoms with Gasteiger partial charge in [0.15, 0.2) is 5.78 Å². The van der Waals surface area contributed by atoms with E-state index in [-0.39, 0.29) is 18.6 Å². The number of hydrogen-bond acceptors (Lipinski definition) is 4. The first-order valence-electron chi connectivity index (χ1n) is 6.98. The van der Waals surface area contributed by atoms with Crippen LogP contribution in [0.25, 0.3) is 0 Å². The molecule has 0 bridgehead atoms. The summed E-state index contributed by atoms with van der Waals surface area (Å²) in [6, 6.07) is 7.74. The maximum atomic E-state index is 12.2. The smallest absolute Gasteiger partial charge is 0.408 e. The molecule has 1 unspecified atom stereocenters. The van der Waals surface area contributed by atoms with E-state index in [9.17, 15) is 14.4 Å². The molecular formula is C16H21NO5. The van der Waals surface area contributed by atoms with E-state index in [1.165, 1.54) is 0 Å². The van der Waals surface area contributed by atoms with Gasteiger partial charge in [0.05, 0.1) is 6.42 Å². The van der Waals surface area contributed by atoms with Crippen molar-refractivity contribution in [3.8, 4) is 0 Å². The summed E-state index contributed by atoms with van der Waals surface area (Å²) >= 11 is 0. The summed E-state index contributed by atoms with van der Waals surface area (Å²) in [5, 5.41) is 11.2. The lowest BCUT2D eigenvalue weighted by Gasteiger charge is -2.23. The molecule has 0 aliphatic carbocycles. The quantitative estimate of drug-likeness (QED) is 0.843. The van der Waals surface area contributed by atoms with Crippen molar-refractivity contribution in [3.05, 3.63) is 35.9 Å². The molecule has 0 aromatic heterocycles. The summed E-state index contributed by atoms with van der Waals surface area (Å²) in [7, 11) is 0. The summed E-state index contributed by atoms with van der Waals surface area (Å²) in [5.74, 6) is -1.43. The number of ketones is 1. The minimum atomic E-state index is -1.06. The Hall–Kier alpha value is -2.37. The van der Waals surface area contributed by atoms with Crippen LogP contribution in [0.5, 0.6) is 0 Å². The number of carboxylic acids is 1. The van der Waals surface area contributed by atoms with E-state index in [2.05, 4.69) is 5.32 Å². The Kier molecular flexibility index (Phi) is 6.10. The fraction of sp³-hybridized carbons (Fsp3) is 0.438. The Bertz CT molecular complexity index is 533. The predicted molar refractivity (Wildman–Crippen MR) is 80.4 cm³/mol. The van der Waals surface area contributed by atoms with Gasteiger partial charge in [-0.05, 0) is 26.3 Å². The number of amides is 1. The van der Waals surface area contributed by atoms with Gasteiger partial charge in [0.2, 0.25) is 0 Å². The molecule has 0 saturated carbocycles. The molecule has 1 rings (SSSR count). The molecule has 0 fully saturated rings. The highest BCUT2D eigenvalue weighted by molar-refractivity contribution is 5.90. The first kappa shape index (κ1) is 17.7. The number of aliphatic carboxylic acids is 1. The summed E-state index contributed by atoms with van der Waals surface area (Å²) in [5.41, 5.74) is -0.0983. The van der Waals surface area contributed by atoms with Crippen LogP contribution in [0, 0.1) is 0 Å². The lowest BCUT2D eigenvalue weighted by atomic mass is 10.00. The van der Waals surface area contributed by atoms with Crippen molar-refractivity contribution < 1.29 is 24.2 Å². The number of carboxylic acid groups (broad SMARTS) is 1. The van der Waals surface area contributed by atoms with Gasteiger partial charge in [0, 0.05) is 6.42 Å². The topological polar surface area (TPSA) is 92.7 Å². The largest absolute Gasteiger partial charge is 0.481 e. The summed E-state index contributed by atoms with van der Waals surface area (Å²) in [6.07, 6.45) is -1.16. The fourth-order valence-corrected chi connectivity index (χ4v) is 1.80. The number of Topliss-reactive ketones (excluding diaryl/α,β-unsaturated/α-hetero) is 1. The third kappa shape index (κ3) is 6.39. The minimum Gasteiger partial charge on any atom is -0.481 e. The third-order valence-corrected chi connectivity index (χ3v) is 2.70. The maximum absolute atomic E-state index is 12.2. The molecule has 0 spiro atoms. The summed E-state index contributed by atoms with van der Waals surface area (Å²) < 4.78 is 5.15. The van der Waals surface area contributed by atoms with E-state index in [1.54, 1.807) is 51.1 Å². The van der Waals surface area contributed by atoms with Crippen LogP contribution in [0.2, 0.25) is 0 Å². The molecule has 6 nitrogen and oxygen atoms in total. The first-order valence-corrected chi connectivity index (χ1v) is 6.98. The number of ether oxygens (including phenoxy) is 1. The maximum Gasteiger partial charge on any atom is 0.408 e. The highest BCUT2D eigenvalue weighted by Crippen LogP contribution is 2.17. The zero-order chi connectivity index (χ0) is 16.8. The van der Waals surface area contributed by atoms with Crippen LogP contribution in [0.15, 0.2) is 30.3 Å². The molecule has 22 heavy (non-hydrogen) atoms. The second-order valence-corrected chi connectivity index (χ2v) is 5.85. The molecule has 0 saturated heterocycles. The molecule has 0 radical (unpaired) electrons. The summed E-state index contributed by atoms with van der Waals surface area (Å²) in [6.45, 7) is 5.16. The van der Waals surface area contributed by atoms with Crippen LogP contribution < -0.4 is 5.32 Å². The van der Waals surface area contributed by atoms with E-state index >= 15 is 0 Å². The van der Waals surface area contributed by atoms with Gasteiger partial charge in [0.1, 0.15) is 11.6 Å². The summed E-state index contributed by atoms with van der Waals surface area (Å²) in [4.78, 5) is 34.7. The lowest BCUT2D eigenvalue weighted by molar-refractivity contribution is -0.138. The third-order valence-electron chi connectivity index (χ3n) is 2.70. The number of hydrogen-bond donors (Lipinski definition) is 2. The van der Waals surface area contributed by atoms with Crippen LogP contribution >= 0.6 is 0 Å². The van der Waals surface area contributed by atoms with Gasteiger partial charge in [-0.1, -0.05) is 30.3 Å². The molecule has 2 N–H and O–H groups in total. The number of alkyl carbamates (subject to hydrolysis) is 1. The van der Waals surface area contributed by atoms with E-state index in [0.29, 0.717) is 5.56 Å². The highest BCUT2D eigenvalue weighted by Gasteiger charge is 2.25. The Balaban J connectivity index is 2.85. The molecule has 1 aromatic rings. The van der Waals surface area contributed by atoms with Crippen molar-refractivity contribution in [2.75, 3.05) is 0 Å². The second-order valence-electron chi connectivity index (χ2n) is 5.85. The monoisotopic (exact) mass is 307 g/mol. The Morgan fingerprint density at radius 1 is 1.14 bits per heavy atom. The van der Waals surface area contributed by atoms with Crippen LogP contribution in [0.1, 0.15) is 45.2 Å². The van der Waals surface area contributed by atoms with E-state index in [0.717, 1.165) is 0 Å². The molecule has 1 atom stereocenters. The zero-order valence-electron chi connectivity index (χ0n) is 13.0. The van der Waals surface area contributed by atoms with Crippen molar-refractivity contribution in [3.63, 3.8) is 0 Å². The van der Waals surface area contributed by atoms with Crippen LogP contribution in [0.4, 0.5) is 4.79 Å². The molecule has 1 amide bonds. The lowest BCUT2D eigenvalue weighted by Crippen LogP contribution is -2.38. The average Bonchev–Trinajstić information content (AvgIpc) is 2.41. The van der Waals surface area contributed by atoms with Gasteiger partial charge in [-0.3, -0.25) is 9.59 Å². The van der Waals surface area contributed by atoms with Gasteiger partial charge in [-0.25, -0.2) is 4.79 Å². The number of nitrogens with one attached hydrogen (secondary N) is 1. The SMILES string of the molecule is CC(C)(C)OC(=O)NC(C(=O)CCC(=O)O)c1ccccc1. The van der Waals surface area contributed by atoms with Crippen molar-refractivity contribution >= 4 is 17.8 Å². The Morgan fingerprint density at radius 2 is 1.73 bits per heavy atom. The van der Waals surface area contributed by atoms with Crippen molar-refractivity contribution in [1.29, 1.82) is 0 Å². The average molecular weight is 307 g/mol. The van der Waals surface area contributed by atoms with Gasteiger partial charge >= 0.3 is 12.1 Å². The first-order chi connectivity index (χ1) is 10.2. The zero-order valence-corrected chi connectivity index (χ0v) is 13.0. The Labute approximate surface area is 129 Å². The number of benzene rings is 1. The molecule has 0 aliphatic rings. The molecule has 6 heteroatoms. The standard InChI is InChI=1S/C16H21NO5/c1-16(2,3)22-15(21)17-14(11-7-5-4-6-8-11)12(18)9-10-13(19)20/h4-8,14H,9-10H2,1-3H3,(H,17,21)(H,19,20). The molecule has 0 heterocycles. The van der Waals surface area contributed by atoms with Crippen LogP contribution in [-0.2, 0) is 14.3 Å². The van der Waals surface area contributed by atoms with Gasteiger partial charge in [-0.2, -0.15) is 0 Å².